The topological polar surface area (TPSA) is 193 Å². The normalized spacial score (nSPS) is 20.6. The Morgan fingerprint density at radius 3 is 2.52 bits per heavy atom. The number of nitrogens with zero attached hydrogens (tertiary/aromatic N) is 3. The van der Waals surface area contributed by atoms with Gasteiger partial charge in [0.2, 0.25) is 11.8 Å². The summed E-state index contributed by atoms with van der Waals surface area (Å²) in [6.07, 6.45) is 2.34. The minimum Gasteiger partial charge on any atom is -0.478 e. The lowest BCUT2D eigenvalue weighted by atomic mass is 9.86. The fourth-order valence-electron chi connectivity index (χ4n) is 5.59. The van der Waals surface area contributed by atoms with Gasteiger partial charge in [-0.3, -0.25) is 19.8 Å². The number of aromatic nitrogens is 2. The number of hydrogen-bond acceptors (Lipinski definition) is 11. The zero-order valence-corrected chi connectivity index (χ0v) is 24.3. The fraction of sp³-hybridized carbons (Fsp3) is 0.323. The molecule has 1 aromatic heterocycles. The third-order valence-electron chi connectivity index (χ3n) is 7.84. The van der Waals surface area contributed by atoms with E-state index in [2.05, 4.69) is 20.6 Å². The van der Waals surface area contributed by atoms with E-state index in [0.717, 1.165) is 5.56 Å². The maximum atomic E-state index is 13.2. The summed E-state index contributed by atoms with van der Waals surface area (Å²) >= 11 is 0. The number of benzene rings is 2. The van der Waals surface area contributed by atoms with E-state index in [4.69, 9.17) is 15.2 Å². The molecule has 2 atom stereocenters. The van der Waals surface area contributed by atoms with Crippen LogP contribution < -0.4 is 26.0 Å². The molecule has 2 amide bonds. The number of rotatable bonds is 12. The average molecular weight is 601 g/mol. The van der Waals surface area contributed by atoms with Gasteiger partial charge in [-0.05, 0) is 55.2 Å². The van der Waals surface area contributed by atoms with Crippen LogP contribution in [0, 0.1) is 6.92 Å². The number of methoxy groups -OCH3 is 1. The van der Waals surface area contributed by atoms with Crippen LogP contribution in [0.4, 0.5) is 17.3 Å². The Morgan fingerprint density at radius 2 is 1.84 bits per heavy atom. The molecule has 44 heavy (non-hydrogen) atoms. The van der Waals surface area contributed by atoms with E-state index in [9.17, 15) is 24.0 Å². The van der Waals surface area contributed by atoms with Gasteiger partial charge in [0.05, 0.1) is 31.5 Å². The van der Waals surface area contributed by atoms with Crippen molar-refractivity contribution in [3.8, 4) is 5.88 Å². The molecule has 4 N–H and O–H groups in total. The van der Waals surface area contributed by atoms with Gasteiger partial charge in [-0.15, -0.1) is 0 Å². The molecule has 1 fully saturated rings. The van der Waals surface area contributed by atoms with Gasteiger partial charge in [-0.25, -0.2) is 9.78 Å². The Morgan fingerprint density at radius 1 is 1.09 bits per heavy atom. The number of anilines is 3. The van der Waals surface area contributed by atoms with Crippen molar-refractivity contribution in [1.29, 1.82) is 0 Å². The smallest absolute Gasteiger partial charge is 0.328 e. The quantitative estimate of drug-likeness (QED) is 0.118. The lowest BCUT2D eigenvalue weighted by Crippen LogP contribution is -2.39. The summed E-state index contributed by atoms with van der Waals surface area (Å²) in [5, 5.41) is 5.56. The van der Waals surface area contributed by atoms with E-state index in [1.165, 1.54) is 12.0 Å². The monoisotopic (exact) mass is 600 g/mol. The van der Waals surface area contributed by atoms with Gasteiger partial charge in [-0.2, -0.15) is 4.98 Å². The fourth-order valence-corrected chi connectivity index (χ4v) is 5.59. The van der Waals surface area contributed by atoms with Crippen LogP contribution in [0.25, 0.3) is 0 Å². The summed E-state index contributed by atoms with van der Waals surface area (Å²) in [5.74, 6) is -0.795. The first-order valence-electron chi connectivity index (χ1n) is 14.0. The van der Waals surface area contributed by atoms with Crippen molar-refractivity contribution < 1.29 is 33.4 Å². The second-order valence-electron chi connectivity index (χ2n) is 10.7. The lowest BCUT2D eigenvalue weighted by Gasteiger charge is -2.23. The SMILES string of the molecule is COC(=O)[C@]1(Cc2ccc(N3C(=O)CNC(=O)c4cc(CCCOc5cc(C)nc(N)n5)ccc43)cc2)NC1(C=O)CC=O. The number of nitrogen functional groups attached to an aromatic ring is 1. The maximum absolute atomic E-state index is 13.2. The van der Waals surface area contributed by atoms with Crippen molar-refractivity contribution in [2.24, 2.45) is 0 Å². The zero-order valence-electron chi connectivity index (χ0n) is 24.3. The summed E-state index contributed by atoms with van der Waals surface area (Å²) in [4.78, 5) is 71.4. The molecule has 0 spiro atoms. The molecule has 2 aliphatic heterocycles. The summed E-state index contributed by atoms with van der Waals surface area (Å²) in [7, 11) is 1.22. The third-order valence-corrected chi connectivity index (χ3v) is 7.84. The van der Waals surface area contributed by atoms with Crippen LogP contribution in [0.5, 0.6) is 5.88 Å². The molecule has 13 nitrogen and oxygen atoms in total. The van der Waals surface area contributed by atoms with Crippen LogP contribution in [0.1, 0.15) is 40.0 Å². The van der Waals surface area contributed by atoms with Gasteiger partial charge in [0.15, 0.2) is 0 Å². The van der Waals surface area contributed by atoms with Crippen LogP contribution in [-0.2, 0) is 36.8 Å². The Bertz CT molecular complexity index is 1610. The number of carbonyl (C=O) groups excluding carboxylic acids is 5. The second-order valence-corrected chi connectivity index (χ2v) is 10.7. The molecular formula is C31H32N6O7. The van der Waals surface area contributed by atoms with Gasteiger partial charge in [0.1, 0.15) is 23.7 Å². The number of aryl methyl sites for hydroxylation is 2. The van der Waals surface area contributed by atoms with E-state index >= 15 is 0 Å². The second kappa shape index (κ2) is 12.2. The first-order valence-corrected chi connectivity index (χ1v) is 14.0. The lowest BCUT2D eigenvalue weighted by molar-refractivity contribution is -0.144. The van der Waals surface area contributed by atoms with E-state index in [0.29, 0.717) is 66.1 Å². The number of fused-ring (bicyclic) bond motifs is 1. The first kappa shape index (κ1) is 30.3. The summed E-state index contributed by atoms with van der Waals surface area (Å²) < 4.78 is 10.6. The van der Waals surface area contributed by atoms with Crippen molar-refractivity contribution in [2.75, 3.05) is 30.9 Å². The predicted molar refractivity (Wildman–Crippen MR) is 158 cm³/mol. The number of nitrogens with two attached hydrogens (primary N) is 1. The molecule has 2 aliphatic rings. The van der Waals surface area contributed by atoms with Crippen LogP contribution in [0.2, 0.25) is 0 Å². The summed E-state index contributed by atoms with van der Waals surface area (Å²) in [6, 6.07) is 13.9. The Labute approximate surface area is 253 Å². The number of nitrogens with one attached hydrogen (secondary N) is 2. The highest BCUT2D eigenvalue weighted by molar-refractivity contribution is 6.13. The highest BCUT2D eigenvalue weighted by Crippen LogP contribution is 2.43. The zero-order chi connectivity index (χ0) is 31.5. The Kier molecular flexibility index (Phi) is 8.41. The number of hydrogen-bond donors (Lipinski definition) is 3. The molecule has 0 bridgehead atoms. The van der Waals surface area contributed by atoms with E-state index in [-0.39, 0.29) is 37.1 Å². The van der Waals surface area contributed by atoms with Gasteiger partial charge in [-0.1, -0.05) is 18.2 Å². The van der Waals surface area contributed by atoms with Crippen LogP contribution in [0.3, 0.4) is 0 Å². The first-order chi connectivity index (χ1) is 21.1. The van der Waals surface area contributed by atoms with E-state index in [1.807, 2.05) is 6.07 Å². The highest BCUT2D eigenvalue weighted by atomic mass is 16.5. The standard InChI is InChI=1S/C31H32N6O7/c1-19-14-25(35-29(32)34-19)44-13-3-4-20-7-10-24-23(15-20)27(41)33-17-26(40)37(24)22-8-5-21(6-9-22)16-31(28(42)43-2)30(18-39,36-31)11-12-38/h5-10,12,14-15,18,36H,3-4,11,13,16-17H2,1-2H3,(H,33,41)(H2,32,34,35)/t30?,31-/m0/s1. The molecule has 1 unspecified atom stereocenters. The van der Waals surface area contributed by atoms with Crippen LogP contribution >= 0.6 is 0 Å². The molecule has 0 saturated carbocycles. The molecule has 3 aromatic rings. The molecule has 0 radical (unpaired) electrons. The van der Waals surface area contributed by atoms with Crippen molar-refractivity contribution >= 4 is 47.7 Å². The molecule has 1 saturated heterocycles. The van der Waals surface area contributed by atoms with Crippen molar-refractivity contribution in [2.45, 2.75) is 43.7 Å². The maximum Gasteiger partial charge on any atom is 0.328 e. The Hall–Kier alpha value is -5.17. The summed E-state index contributed by atoms with van der Waals surface area (Å²) in [6.45, 7) is 1.99. The molecule has 2 aromatic carbocycles. The number of aldehydes is 2. The van der Waals surface area contributed by atoms with E-state index in [1.54, 1.807) is 49.4 Å². The molecule has 5 rings (SSSR count). The van der Waals surface area contributed by atoms with Gasteiger partial charge < -0.3 is 30.1 Å². The van der Waals surface area contributed by atoms with Gasteiger partial charge in [0, 0.05) is 30.3 Å². The van der Waals surface area contributed by atoms with Gasteiger partial charge in [0.25, 0.3) is 11.8 Å². The van der Waals surface area contributed by atoms with Crippen molar-refractivity contribution in [3.05, 3.63) is 70.9 Å². The molecular weight excluding hydrogens is 568 g/mol. The average Bonchev–Trinajstić information content (AvgIpc) is 3.68. The molecule has 3 heterocycles. The van der Waals surface area contributed by atoms with E-state index < -0.39 is 17.0 Å². The number of amides is 2. The highest BCUT2D eigenvalue weighted by Gasteiger charge is 2.72. The minimum atomic E-state index is -1.37. The Balaban J connectivity index is 1.32. The number of esters is 1. The number of carbonyl (C=O) groups is 5. The minimum absolute atomic E-state index is 0.0917. The molecule has 13 heteroatoms. The molecule has 0 aliphatic carbocycles. The van der Waals surface area contributed by atoms with Gasteiger partial charge >= 0.3 is 5.97 Å². The van der Waals surface area contributed by atoms with Crippen LogP contribution in [0.15, 0.2) is 48.5 Å². The van der Waals surface area contributed by atoms with Crippen LogP contribution in [-0.4, -0.2) is 71.7 Å². The van der Waals surface area contributed by atoms with Crippen molar-refractivity contribution in [1.82, 2.24) is 20.6 Å². The predicted octanol–water partition coefficient (Wildman–Crippen LogP) is 1.37. The van der Waals surface area contributed by atoms with Crippen molar-refractivity contribution in [3.63, 3.8) is 0 Å². The number of ether oxygens (including phenoxy) is 2. The largest absolute Gasteiger partial charge is 0.478 e. The third kappa shape index (κ3) is 5.73. The summed E-state index contributed by atoms with van der Waals surface area (Å²) in [5.41, 5.74) is 6.56. The molecule has 228 valence electrons.